The van der Waals surface area contributed by atoms with Crippen LogP contribution in [0.2, 0.25) is 0 Å². The summed E-state index contributed by atoms with van der Waals surface area (Å²) in [5.41, 5.74) is 4.47. The Balaban J connectivity index is 1.12. The van der Waals surface area contributed by atoms with Crippen LogP contribution in [0.1, 0.15) is 12.0 Å². The molecule has 1 N–H and O–H groups in total. The molecule has 0 unspecified atom stereocenters. The van der Waals surface area contributed by atoms with Crippen LogP contribution in [0.15, 0.2) is 84.0 Å². The zero-order chi connectivity index (χ0) is 26.2. The lowest BCUT2D eigenvalue weighted by Gasteiger charge is -2.08. The second-order valence-corrected chi connectivity index (χ2v) is 9.91. The van der Waals surface area contributed by atoms with Gasteiger partial charge in [0.1, 0.15) is 16.2 Å². The van der Waals surface area contributed by atoms with Crippen molar-refractivity contribution in [1.82, 2.24) is 24.3 Å². The van der Waals surface area contributed by atoms with E-state index < -0.39 is 0 Å². The SMILES string of the molecule is Cc1ccc2nc(-c3ccc(NC(=O)CCn4cnc5c(cnn5-c5ccc(F)cc5)c4=O)cc3)sc2c1. The van der Waals surface area contributed by atoms with Gasteiger partial charge in [0, 0.05) is 24.2 Å². The van der Waals surface area contributed by atoms with Gasteiger partial charge in [-0.25, -0.2) is 19.0 Å². The summed E-state index contributed by atoms with van der Waals surface area (Å²) in [4.78, 5) is 34.6. The van der Waals surface area contributed by atoms with Gasteiger partial charge in [-0.2, -0.15) is 5.10 Å². The molecule has 0 fully saturated rings. The lowest BCUT2D eigenvalue weighted by Crippen LogP contribution is -2.23. The van der Waals surface area contributed by atoms with Gasteiger partial charge >= 0.3 is 0 Å². The maximum atomic E-state index is 13.2. The molecule has 0 radical (unpaired) electrons. The molecule has 3 aromatic heterocycles. The third kappa shape index (κ3) is 4.57. The topological polar surface area (TPSA) is 94.7 Å². The van der Waals surface area contributed by atoms with Crippen LogP contribution in [0, 0.1) is 12.7 Å². The molecule has 8 nitrogen and oxygen atoms in total. The second kappa shape index (κ2) is 9.64. The first kappa shape index (κ1) is 23.7. The van der Waals surface area contributed by atoms with Gasteiger partial charge in [0.05, 0.1) is 28.4 Å². The van der Waals surface area contributed by atoms with Crippen LogP contribution in [0.25, 0.3) is 37.5 Å². The van der Waals surface area contributed by atoms with Gasteiger partial charge in [0.2, 0.25) is 5.91 Å². The summed E-state index contributed by atoms with van der Waals surface area (Å²) < 4.78 is 17.3. The Kier molecular flexibility index (Phi) is 6.01. The smallest absolute Gasteiger partial charge is 0.264 e. The molecule has 1 amide bonds. The third-order valence-corrected chi connectivity index (χ3v) is 7.23. The zero-order valence-electron chi connectivity index (χ0n) is 20.3. The average molecular weight is 525 g/mol. The van der Waals surface area contributed by atoms with Crippen molar-refractivity contribution in [2.24, 2.45) is 0 Å². The molecule has 38 heavy (non-hydrogen) atoms. The Bertz CT molecular complexity index is 1860. The summed E-state index contributed by atoms with van der Waals surface area (Å²) in [7, 11) is 0. The fourth-order valence-electron chi connectivity index (χ4n) is 4.18. The molecule has 3 heterocycles. The molecule has 0 spiro atoms. The first-order chi connectivity index (χ1) is 18.4. The first-order valence-electron chi connectivity index (χ1n) is 11.9. The summed E-state index contributed by atoms with van der Waals surface area (Å²) in [5, 5.41) is 8.34. The maximum absolute atomic E-state index is 13.2. The van der Waals surface area contributed by atoms with Crippen molar-refractivity contribution >= 4 is 44.2 Å². The van der Waals surface area contributed by atoms with E-state index in [2.05, 4.69) is 28.4 Å². The highest BCUT2D eigenvalue weighted by atomic mass is 32.1. The summed E-state index contributed by atoms with van der Waals surface area (Å²) in [6.45, 7) is 2.23. The number of halogens is 1. The molecule has 3 aromatic carbocycles. The van der Waals surface area contributed by atoms with E-state index in [0.29, 0.717) is 22.4 Å². The van der Waals surface area contributed by atoms with Gasteiger partial charge in [0.15, 0.2) is 5.65 Å². The Morgan fingerprint density at radius 3 is 2.63 bits per heavy atom. The van der Waals surface area contributed by atoms with Gasteiger partial charge in [-0.3, -0.25) is 14.2 Å². The summed E-state index contributed by atoms with van der Waals surface area (Å²) >= 11 is 1.64. The van der Waals surface area contributed by atoms with Gasteiger partial charge in [0.25, 0.3) is 5.56 Å². The number of hydrogen-bond acceptors (Lipinski definition) is 6. The van der Waals surface area contributed by atoms with Crippen LogP contribution < -0.4 is 10.9 Å². The van der Waals surface area contributed by atoms with E-state index in [1.165, 1.54) is 39.5 Å². The Morgan fingerprint density at radius 1 is 1.05 bits per heavy atom. The lowest BCUT2D eigenvalue weighted by atomic mass is 10.2. The highest BCUT2D eigenvalue weighted by Gasteiger charge is 2.13. The lowest BCUT2D eigenvalue weighted by molar-refractivity contribution is -0.116. The quantitative estimate of drug-likeness (QED) is 0.318. The van der Waals surface area contributed by atoms with E-state index in [4.69, 9.17) is 4.98 Å². The average Bonchev–Trinajstić information content (AvgIpc) is 3.54. The largest absolute Gasteiger partial charge is 0.326 e. The van der Waals surface area contributed by atoms with Crippen LogP contribution in [0.4, 0.5) is 10.1 Å². The van der Waals surface area contributed by atoms with Crippen molar-refractivity contribution in [2.45, 2.75) is 19.9 Å². The second-order valence-electron chi connectivity index (χ2n) is 8.88. The minimum absolute atomic E-state index is 0.0954. The van der Waals surface area contributed by atoms with E-state index in [1.54, 1.807) is 23.5 Å². The molecule has 0 atom stereocenters. The maximum Gasteiger partial charge on any atom is 0.264 e. The van der Waals surface area contributed by atoms with Crippen molar-refractivity contribution in [1.29, 1.82) is 0 Å². The molecule has 0 saturated heterocycles. The molecule has 10 heteroatoms. The number of rotatable bonds is 6. The molecule has 6 rings (SSSR count). The number of carbonyl (C=O) groups is 1. The molecule has 0 aliphatic rings. The predicted molar refractivity (Wildman–Crippen MR) is 146 cm³/mol. The van der Waals surface area contributed by atoms with Gasteiger partial charge < -0.3 is 5.32 Å². The third-order valence-electron chi connectivity index (χ3n) is 6.17. The Labute approximate surface area is 220 Å². The summed E-state index contributed by atoms with van der Waals surface area (Å²) in [6.07, 6.45) is 2.92. The molecule has 0 saturated carbocycles. The fraction of sp³-hybridized carbons (Fsp3) is 0.107. The molecule has 188 valence electrons. The van der Waals surface area contributed by atoms with Crippen LogP contribution in [-0.4, -0.2) is 30.2 Å². The number of thiazole rings is 1. The highest BCUT2D eigenvalue weighted by Crippen LogP contribution is 2.31. The number of carbonyl (C=O) groups excluding carboxylic acids is 1. The Morgan fingerprint density at radius 2 is 1.84 bits per heavy atom. The zero-order valence-corrected chi connectivity index (χ0v) is 21.1. The number of nitrogens with zero attached hydrogens (tertiary/aromatic N) is 5. The van der Waals surface area contributed by atoms with Crippen molar-refractivity contribution < 1.29 is 9.18 Å². The number of aryl methyl sites for hydroxylation is 2. The van der Waals surface area contributed by atoms with Crippen LogP contribution >= 0.6 is 11.3 Å². The monoisotopic (exact) mass is 524 g/mol. The first-order valence-corrected chi connectivity index (χ1v) is 12.7. The van der Waals surface area contributed by atoms with Crippen LogP contribution in [-0.2, 0) is 11.3 Å². The number of nitrogens with one attached hydrogen (secondary N) is 1. The number of hydrogen-bond donors (Lipinski definition) is 1. The standard InChI is InChI=1S/C28H21FN6O2S/c1-17-2-11-23-24(14-17)38-27(33-23)18-3-7-20(8-4-18)32-25(36)12-13-34-16-30-26-22(28(34)37)15-31-35(26)21-9-5-19(29)6-10-21/h2-11,14-16H,12-13H2,1H3,(H,32,36). The van der Waals surface area contributed by atoms with Crippen LogP contribution in [0.3, 0.4) is 0 Å². The fourth-order valence-corrected chi connectivity index (χ4v) is 5.25. The van der Waals surface area contributed by atoms with E-state index in [-0.39, 0.29) is 30.2 Å². The highest BCUT2D eigenvalue weighted by molar-refractivity contribution is 7.21. The van der Waals surface area contributed by atoms with Gasteiger partial charge in [-0.1, -0.05) is 6.07 Å². The summed E-state index contributed by atoms with van der Waals surface area (Å²) in [5.74, 6) is -0.583. The van der Waals surface area contributed by atoms with Crippen molar-refractivity contribution in [3.05, 3.63) is 101 Å². The minimum atomic E-state index is -0.363. The van der Waals surface area contributed by atoms with Gasteiger partial charge in [-0.15, -0.1) is 11.3 Å². The number of fused-ring (bicyclic) bond motifs is 2. The normalized spacial score (nSPS) is 11.3. The minimum Gasteiger partial charge on any atom is -0.326 e. The van der Waals surface area contributed by atoms with Crippen LogP contribution in [0.5, 0.6) is 0 Å². The molecular formula is C28H21FN6O2S. The van der Waals surface area contributed by atoms with E-state index in [0.717, 1.165) is 20.8 Å². The van der Waals surface area contributed by atoms with E-state index >= 15 is 0 Å². The molecule has 0 bridgehead atoms. The van der Waals surface area contributed by atoms with Crippen molar-refractivity contribution in [3.63, 3.8) is 0 Å². The number of anilines is 1. The molecule has 0 aliphatic heterocycles. The van der Waals surface area contributed by atoms with E-state index in [1.807, 2.05) is 36.4 Å². The predicted octanol–water partition coefficient (Wildman–Crippen LogP) is 5.34. The van der Waals surface area contributed by atoms with Gasteiger partial charge in [-0.05, 0) is 73.2 Å². The van der Waals surface area contributed by atoms with Crippen molar-refractivity contribution in [2.75, 3.05) is 5.32 Å². The summed E-state index contributed by atoms with van der Waals surface area (Å²) in [6, 6.07) is 19.5. The van der Waals surface area contributed by atoms with E-state index in [9.17, 15) is 14.0 Å². The molecular weight excluding hydrogens is 503 g/mol. The molecule has 6 aromatic rings. The van der Waals surface area contributed by atoms with Crippen molar-refractivity contribution in [3.8, 4) is 16.3 Å². The number of aromatic nitrogens is 5. The number of benzene rings is 3. The Hall–Kier alpha value is -4.70. The number of amides is 1. The molecule has 0 aliphatic carbocycles.